The van der Waals surface area contributed by atoms with Gasteiger partial charge in [-0.3, -0.25) is 4.90 Å². The molecule has 1 aliphatic heterocycles. The molecule has 1 heterocycles. The molecule has 0 saturated carbocycles. The highest BCUT2D eigenvalue weighted by molar-refractivity contribution is 5.82. The first-order valence-electron chi connectivity index (χ1n) is 6.09. The van der Waals surface area contributed by atoms with Crippen LogP contribution in [-0.2, 0) is 14.3 Å². The second-order valence-corrected chi connectivity index (χ2v) is 4.63. The van der Waals surface area contributed by atoms with E-state index in [0.717, 1.165) is 6.42 Å². The number of ether oxygens (including phenoxy) is 2. The molecule has 1 unspecified atom stereocenters. The van der Waals surface area contributed by atoms with Crippen molar-refractivity contribution >= 4 is 12.1 Å². The Morgan fingerprint density at radius 1 is 1.44 bits per heavy atom. The van der Waals surface area contributed by atoms with Gasteiger partial charge in [-0.1, -0.05) is 19.8 Å². The number of amides is 1. The van der Waals surface area contributed by atoms with E-state index in [4.69, 9.17) is 15.9 Å². The lowest BCUT2D eigenvalue weighted by atomic mass is 10.2. The van der Waals surface area contributed by atoms with E-state index in [2.05, 4.69) is 5.92 Å². The summed E-state index contributed by atoms with van der Waals surface area (Å²) in [6, 6.07) is -0.533. The van der Waals surface area contributed by atoms with E-state index >= 15 is 0 Å². The van der Waals surface area contributed by atoms with Gasteiger partial charge in [-0.15, -0.1) is 6.42 Å². The van der Waals surface area contributed by atoms with Gasteiger partial charge in [0.1, 0.15) is 6.04 Å². The van der Waals surface area contributed by atoms with Gasteiger partial charge in [-0.05, 0) is 18.8 Å². The highest BCUT2D eigenvalue weighted by atomic mass is 16.6. The third kappa shape index (κ3) is 3.95. The molecule has 0 radical (unpaired) electrons. The Morgan fingerprint density at radius 3 is 2.78 bits per heavy atom. The van der Waals surface area contributed by atoms with Crippen LogP contribution in [0.3, 0.4) is 0 Å². The third-order valence-electron chi connectivity index (χ3n) is 2.60. The van der Waals surface area contributed by atoms with Crippen molar-refractivity contribution in [1.29, 1.82) is 0 Å². The Balaban J connectivity index is 2.51. The van der Waals surface area contributed by atoms with E-state index in [-0.39, 0.29) is 18.5 Å². The fourth-order valence-electron chi connectivity index (χ4n) is 1.76. The summed E-state index contributed by atoms with van der Waals surface area (Å²) in [6.45, 7) is 4.71. The van der Waals surface area contributed by atoms with Crippen molar-refractivity contribution in [3.05, 3.63) is 0 Å². The Labute approximate surface area is 107 Å². The second kappa shape index (κ2) is 6.90. The van der Waals surface area contributed by atoms with E-state index in [0.29, 0.717) is 19.6 Å². The van der Waals surface area contributed by atoms with Gasteiger partial charge in [0.25, 0.3) is 0 Å². The van der Waals surface area contributed by atoms with E-state index < -0.39 is 12.1 Å². The molecule has 1 aliphatic rings. The molecule has 5 nitrogen and oxygen atoms in total. The topological polar surface area (TPSA) is 55.8 Å². The number of terminal acetylenes is 1. The Bertz CT molecular complexity index is 345. The molecule has 0 aromatic carbocycles. The predicted octanol–water partition coefficient (Wildman–Crippen LogP) is 1.42. The number of carbonyl (C=O) groups excluding carboxylic acids is 2. The average Bonchev–Trinajstić information content (AvgIpc) is 2.82. The molecule has 1 atom stereocenters. The molecule has 5 heteroatoms. The standard InChI is InChI=1S/C13H19NO4/c1-4-8-17-13(16)14-7-5-6-11(14)12(15)18-9-10(2)3/h1,10-11H,5-9H2,2-3H3. The zero-order chi connectivity index (χ0) is 13.5. The van der Waals surface area contributed by atoms with Gasteiger partial charge in [0.2, 0.25) is 0 Å². The zero-order valence-electron chi connectivity index (χ0n) is 10.8. The zero-order valence-corrected chi connectivity index (χ0v) is 10.8. The molecule has 1 saturated heterocycles. The van der Waals surface area contributed by atoms with Gasteiger partial charge in [0, 0.05) is 6.54 Å². The molecule has 100 valence electrons. The number of nitrogens with zero attached hydrogens (tertiary/aromatic N) is 1. The largest absolute Gasteiger partial charge is 0.464 e. The van der Waals surface area contributed by atoms with Crippen LogP contribution in [-0.4, -0.2) is 42.8 Å². The summed E-state index contributed by atoms with van der Waals surface area (Å²) in [5, 5.41) is 0. The SMILES string of the molecule is C#CCOC(=O)N1CCCC1C(=O)OCC(C)C. The molecular weight excluding hydrogens is 234 g/mol. The predicted molar refractivity (Wildman–Crippen MR) is 65.7 cm³/mol. The number of hydrogen-bond acceptors (Lipinski definition) is 4. The molecule has 1 fully saturated rings. The summed E-state index contributed by atoms with van der Waals surface area (Å²) in [7, 11) is 0. The van der Waals surface area contributed by atoms with Crippen LogP contribution in [0.1, 0.15) is 26.7 Å². The van der Waals surface area contributed by atoms with Crippen molar-refractivity contribution in [2.45, 2.75) is 32.7 Å². The minimum atomic E-state index is -0.544. The van der Waals surface area contributed by atoms with Crippen LogP contribution in [0.25, 0.3) is 0 Å². The van der Waals surface area contributed by atoms with Gasteiger partial charge in [0.15, 0.2) is 6.61 Å². The lowest BCUT2D eigenvalue weighted by Crippen LogP contribution is -2.42. The monoisotopic (exact) mass is 253 g/mol. The molecule has 0 aromatic rings. The number of likely N-dealkylation sites (tertiary alicyclic amines) is 1. The number of carbonyl (C=O) groups is 2. The maximum absolute atomic E-state index is 11.8. The van der Waals surface area contributed by atoms with Crippen molar-refractivity contribution in [2.24, 2.45) is 5.92 Å². The molecule has 0 N–H and O–H groups in total. The third-order valence-corrected chi connectivity index (χ3v) is 2.60. The Morgan fingerprint density at radius 2 is 2.17 bits per heavy atom. The summed E-state index contributed by atoms with van der Waals surface area (Å²) in [5.41, 5.74) is 0. The first-order chi connectivity index (χ1) is 8.56. The molecule has 0 aromatic heterocycles. The summed E-state index contributed by atoms with van der Waals surface area (Å²) < 4.78 is 9.97. The molecule has 1 rings (SSSR count). The highest BCUT2D eigenvalue weighted by Crippen LogP contribution is 2.19. The minimum absolute atomic E-state index is 0.0803. The molecule has 0 aliphatic carbocycles. The van der Waals surface area contributed by atoms with Crippen molar-refractivity contribution in [3.8, 4) is 12.3 Å². The smallest absolute Gasteiger partial charge is 0.411 e. The van der Waals surface area contributed by atoms with E-state index in [9.17, 15) is 9.59 Å². The average molecular weight is 253 g/mol. The van der Waals surface area contributed by atoms with Gasteiger partial charge < -0.3 is 9.47 Å². The fraction of sp³-hybridized carbons (Fsp3) is 0.692. The molecule has 0 spiro atoms. The summed E-state index contributed by atoms with van der Waals surface area (Å²) in [5.74, 6) is 2.13. The maximum Gasteiger partial charge on any atom is 0.411 e. The lowest BCUT2D eigenvalue weighted by Gasteiger charge is -2.22. The first-order valence-corrected chi connectivity index (χ1v) is 6.09. The fourth-order valence-corrected chi connectivity index (χ4v) is 1.76. The molecule has 1 amide bonds. The summed E-state index contributed by atoms with van der Waals surface area (Å²) >= 11 is 0. The van der Waals surface area contributed by atoms with Crippen LogP contribution >= 0.6 is 0 Å². The van der Waals surface area contributed by atoms with Gasteiger partial charge in [-0.2, -0.15) is 0 Å². The van der Waals surface area contributed by atoms with Gasteiger partial charge >= 0.3 is 12.1 Å². The second-order valence-electron chi connectivity index (χ2n) is 4.63. The first kappa shape index (κ1) is 14.4. The normalized spacial score (nSPS) is 18.6. The molecular formula is C13H19NO4. The quantitative estimate of drug-likeness (QED) is 0.561. The van der Waals surface area contributed by atoms with Crippen LogP contribution < -0.4 is 0 Å². The summed E-state index contributed by atoms with van der Waals surface area (Å²) in [4.78, 5) is 24.9. The van der Waals surface area contributed by atoms with Crippen molar-refractivity contribution in [1.82, 2.24) is 4.90 Å². The highest BCUT2D eigenvalue weighted by Gasteiger charge is 2.36. The number of rotatable bonds is 4. The van der Waals surface area contributed by atoms with E-state index in [1.165, 1.54) is 4.90 Å². The Hall–Kier alpha value is -1.70. The van der Waals surface area contributed by atoms with Crippen LogP contribution in [0, 0.1) is 18.3 Å². The maximum atomic E-state index is 11.8. The Kier molecular flexibility index (Phi) is 5.50. The molecule has 18 heavy (non-hydrogen) atoms. The van der Waals surface area contributed by atoms with Crippen molar-refractivity contribution < 1.29 is 19.1 Å². The van der Waals surface area contributed by atoms with Gasteiger partial charge in [-0.25, -0.2) is 9.59 Å². The van der Waals surface area contributed by atoms with Crippen LogP contribution in [0.4, 0.5) is 4.79 Å². The van der Waals surface area contributed by atoms with Crippen LogP contribution in [0.5, 0.6) is 0 Å². The number of esters is 1. The molecule has 0 bridgehead atoms. The number of hydrogen-bond donors (Lipinski definition) is 0. The van der Waals surface area contributed by atoms with Crippen molar-refractivity contribution in [2.75, 3.05) is 19.8 Å². The van der Waals surface area contributed by atoms with Crippen molar-refractivity contribution in [3.63, 3.8) is 0 Å². The lowest BCUT2D eigenvalue weighted by molar-refractivity contribution is -0.149. The van der Waals surface area contributed by atoms with E-state index in [1.54, 1.807) is 0 Å². The minimum Gasteiger partial charge on any atom is -0.464 e. The summed E-state index contributed by atoms with van der Waals surface area (Å²) in [6.07, 6.45) is 5.85. The van der Waals surface area contributed by atoms with Crippen LogP contribution in [0.15, 0.2) is 0 Å². The van der Waals surface area contributed by atoms with Crippen LogP contribution in [0.2, 0.25) is 0 Å². The van der Waals surface area contributed by atoms with Gasteiger partial charge in [0.05, 0.1) is 6.61 Å². The van der Waals surface area contributed by atoms with E-state index in [1.807, 2.05) is 13.8 Å².